The zero-order valence-corrected chi connectivity index (χ0v) is 13.6. The van der Waals surface area contributed by atoms with Gasteiger partial charge in [0.05, 0.1) is 5.01 Å². The SMILES string of the molecule is CCNC(Cc1nccs1)c1ccccc1C(C)(C)C. The van der Waals surface area contributed by atoms with Crippen LogP contribution in [0.5, 0.6) is 0 Å². The van der Waals surface area contributed by atoms with Crippen molar-refractivity contribution >= 4 is 11.3 Å². The van der Waals surface area contributed by atoms with Crippen LogP contribution in [0.25, 0.3) is 0 Å². The van der Waals surface area contributed by atoms with Gasteiger partial charge in [-0.25, -0.2) is 4.98 Å². The van der Waals surface area contributed by atoms with Crippen molar-refractivity contribution in [3.05, 3.63) is 52.0 Å². The smallest absolute Gasteiger partial charge is 0.0943 e. The van der Waals surface area contributed by atoms with Gasteiger partial charge in [0.2, 0.25) is 0 Å². The van der Waals surface area contributed by atoms with Crippen molar-refractivity contribution in [1.82, 2.24) is 10.3 Å². The van der Waals surface area contributed by atoms with Crippen LogP contribution in [-0.2, 0) is 11.8 Å². The van der Waals surface area contributed by atoms with Gasteiger partial charge in [-0.05, 0) is 23.1 Å². The molecule has 2 aromatic rings. The molecule has 108 valence electrons. The van der Waals surface area contributed by atoms with Crippen molar-refractivity contribution in [2.45, 2.75) is 45.6 Å². The van der Waals surface area contributed by atoms with Gasteiger partial charge in [0, 0.05) is 24.0 Å². The van der Waals surface area contributed by atoms with Crippen LogP contribution >= 0.6 is 11.3 Å². The van der Waals surface area contributed by atoms with Gasteiger partial charge in [0.15, 0.2) is 0 Å². The largest absolute Gasteiger partial charge is 0.310 e. The summed E-state index contributed by atoms with van der Waals surface area (Å²) in [6.45, 7) is 9.96. The molecule has 3 heteroatoms. The summed E-state index contributed by atoms with van der Waals surface area (Å²) in [7, 11) is 0. The molecule has 2 rings (SSSR count). The van der Waals surface area contributed by atoms with Crippen LogP contribution in [0.2, 0.25) is 0 Å². The van der Waals surface area contributed by atoms with Crippen LogP contribution < -0.4 is 5.32 Å². The van der Waals surface area contributed by atoms with Crippen LogP contribution in [0, 0.1) is 0 Å². The fourth-order valence-corrected chi connectivity index (χ4v) is 3.21. The number of nitrogens with zero attached hydrogens (tertiary/aromatic N) is 1. The molecule has 0 spiro atoms. The minimum absolute atomic E-state index is 0.160. The van der Waals surface area contributed by atoms with Crippen molar-refractivity contribution in [2.75, 3.05) is 6.54 Å². The number of hydrogen-bond acceptors (Lipinski definition) is 3. The number of nitrogens with one attached hydrogen (secondary N) is 1. The van der Waals surface area contributed by atoms with Crippen LogP contribution in [0.1, 0.15) is 49.9 Å². The quantitative estimate of drug-likeness (QED) is 0.885. The summed E-state index contributed by atoms with van der Waals surface area (Å²) < 4.78 is 0. The van der Waals surface area contributed by atoms with Crippen LogP contribution in [0.15, 0.2) is 35.8 Å². The Hall–Kier alpha value is -1.19. The highest BCUT2D eigenvalue weighted by molar-refractivity contribution is 7.09. The van der Waals surface area contributed by atoms with E-state index in [2.05, 4.69) is 62.3 Å². The summed E-state index contributed by atoms with van der Waals surface area (Å²) in [6.07, 6.45) is 2.84. The highest BCUT2D eigenvalue weighted by Crippen LogP contribution is 2.31. The Labute approximate surface area is 126 Å². The first-order chi connectivity index (χ1) is 9.52. The van der Waals surface area contributed by atoms with E-state index in [1.165, 1.54) is 16.1 Å². The van der Waals surface area contributed by atoms with Gasteiger partial charge in [-0.1, -0.05) is 52.0 Å². The molecule has 0 amide bonds. The Morgan fingerprint density at radius 3 is 2.60 bits per heavy atom. The molecule has 0 fully saturated rings. The van der Waals surface area contributed by atoms with Gasteiger partial charge in [-0.15, -0.1) is 11.3 Å². The molecular formula is C17H24N2S. The molecule has 20 heavy (non-hydrogen) atoms. The molecule has 1 atom stereocenters. The molecule has 0 saturated carbocycles. The van der Waals surface area contributed by atoms with Crippen molar-refractivity contribution in [1.29, 1.82) is 0 Å². The molecule has 1 aromatic carbocycles. The van der Waals surface area contributed by atoms with Gasteiger partial charge in [0.1, 0.15) is 0 Å². The molecule has 0 aliphatic heterocycles. The summed E-state index contributed by atoms with van der Waals surface area (Å²) in [5.74, 6) is 0. The van der Waals surface area contributed by atoms with Crippen LogP contribution in [0.4, 0.5) is 0 Å². The third-order valence-corrected chi connectivity index (χ3v) is 4.26. The number of rotatable bonds is 5. The Kier molecular flexibility index (Phi) is 4.95. The lowest BCUT2D eigenvalue weighted by Gasteiger charge is -2.27. The maximum absolute atomic E-state index is 4.43. The van der Waals surface area contributed by atoms with Gasteiger partial charge < -0.3 is 5.32 Å². The fraction of sp³-hybridized carbons (Fsp3) is 0.471. The number of aromatic nitrogens is 1. The molecule has 1 aromatic heterocycles. The minimum Gasteiger partial charge on any atom is -0.310 e. The average Bonchev–Trinajstić information content (AvgIpc) is 2.90. The zero-order chi connectivity index (χ0) is 14.6. The van der Waals surface area contributed by atoms with E-state index in [1.807, 2.05) is 11.6 Å². The molecule has 0 saturated heterocycles. The zero-order valence-electron chi connectivity index (χ0n) is 12.8. The van der Waals surface area contributed by atoms with E-state index in [4.69, 9.17) is 0 Å². The molecule has 0 radical (unpaired) electrons. The predicted octanol–water partition coefficient (Wildman–Crippen LogP) is 4.33. The Balaban J connectivity index is 2.34. The van der Waals surface area contributed by atoms with Crippen molar-refractivity contribution in [3.63, 3.8) is 0 Å². The molecular weight excluding hydrogens is 264 g/mol. The topological polar surface area (TPSA) is 24.9 Å². The van der Waals surface area contributed by atoms with E-state index in [-0.39, 0.29) is 5.41 Å². The third-order valence-electron chi connectivity index (χ3n) is 3.46. The average molecular weight is 288 g/mol. The van der Waals surface area contributed by atoms with E-state index >= 15 is 0 Å². The van der Waals surface area contributed by atoms with Gasteiger partial charge in [-0.2, -0.15) is 0 Å². The maximum atomic E-state index is 4.43. The highest BCUT2D eigenvalue weighted by atomic mass is 32.1. The first-order valence-electron chi connectivity index (χ1n) is 7.23. The second-order valence-electron chi connectivity index (χ2n) is 6.08. The second kappa shape index (κ2) is 6.51. The van der Waals surface area contributed by atoms with Crippen LogP contribution in [-0.4, -0.2) is 11.5 Å². The lowest BCUT2D eigenvalue weighted by atomic mass is 9.81. The monoisotopic (exact) mass is 288 g/mol. The number of hydrogen-bond donors (Lipinski definition) is 1. The van der Waals surface area contributed by atoms with E-state index in [0.29, 0.717) is 6.04 Å². The molecule has 1 heterocycles. The third kappa shape index (κ3) is 3.68. The Morgan fingerprint density at radius 2 is 2.00 bits per heavy atom. The summed E-state index contributed by atoms with van der Waals surface area (Å²) in [6, 6.07) is 9.11. The lowest BCUT2D eigenvalue weighted by molar-refractivity contribution is 0.517. The van der Waals surface area contributed by atoms with Crippen LogP contribution in [0.3, 0.4) is 0 Å². The van der Waals surface area contributed by atoms with Gasteiger partial charge in [-0.3, -0.25) is 0 Å². The van der Waals surface area contributed by atoms with E-state index in [0.717, 1.165) is 13.0 Å². The van der Waals surface area contributed by atoms with Crippen molar-refractivity contribution in [2.24, 2.45) is 0 Å². The summed E-state index contributed by atoms with van der Waals surface area (Å²) in [5.41, 5.74) is 2.98. The Bertz CT molecular complexity index is 526. The minimum atomic E-state index is 0.160. The first-order valence-corrected chi connectivity index (χ1v) is 8.11. The normalized spacial score (nSPS) is 13.4. The summed E-state index contributed by atoms with van der Waals surface area (Å²) in [5, 5.41) is 6.86. The number of benzene rings is 1. The Morgan fingerprint density at radius 1 is 1.25 bits per heavy atom. The van der Waals surface area contributed by atoms with Gasteiger partial charge in [0.25, 0.3) is 0 Å². The van der Waals surface area contributed by atoms with Crippen molar-refractivity contribution in [3.8, 4) is 0 Å². The predicted molar refractivity (Wildman–Crippen MR) is 87.4 cm³/mol. The fourth-order valence-electron chi connectivity index (χ4n) is 2.55. The lowest BCUT2D eigenvalue weighted by Crippen LogP contribution is -2.26. The molecule has 1 unspecified atom stereocenters. The number of likely N-dealkylation sites (N-methyl/N-ethyl adjacent to an activating group) is 1. The molecule has 2 nitrogen and oxygen atoms in total. The highest BCUT2D eigenvalue weighted by Gasteiger charge is 2.22. The molecule has 0 aliphatic rings. The number of thiazole rings is 1. The molecule has 0 bridgehead atoms. The van der Waals surface area contributed by atoms with Crippen molar-refractivity contribution < 1.29 is 0 Å². The standard InChI is InChI=1S/C17H24N2S/c1-5-18-15(12-16-19-10-11-20-16)13-8-6-7-9-14(13)17(2,3)4/h6-11,15,18H,5,12H2,1-4H3. The molecule has 0 aliphatic carbocycles. The first kappa shape index (κ1) is 15.2. The van der Waals surface area contributed by atoms with Gasteiger partial charge >= 0.3 is 0 Å². The van der Waals surface area contributed by atoms with E-state index in [1.54, 1.807) is 11.3 Å². The second-order valence-corrected chi connectivity index (χ2v) is 7.06. The summed E-state index contributed by atoms with van der Waals surface area (Å²) >= 11 is 1.73. The summed E-state index contributed by atoms with van der Waals surface area (Å²) in [4.78, 5) is 4.43. The van der Waals surface area contributed by atoms with E-state index in [9.17, 15) is 0 Å². The van der Waals surface area contributed by atoms with E-state index < -0.39 is 0 Å². The molecule has 1 N–H and O–H groups in total. The maximum Gasteiger partial charge on any atom is 0.0943 e.